The Hall–Kier alpha value is 0.250. The van der Waals surface area contributed by atoms with Crippen molar-refractivity contribution in [3.05, 3.63) is 0 Å². The molecule has 0 N–H and O–H groups in total. The van der Waals surface area contributed by atoms with E-state index in [0.29, 0.717) is 23.0 Å². The van der Waals surface area contributed by atoms with Crippen molar-refractivity contribution in [2.24, 2.45) is 5.41 Å². The molecular weight excluding hydrogens is 244 g/mol. The summed E-state index contributed by atoms with van der Waals surface area (Å²) in [4.78, 5) is 0. The summed E-state index contributed by atoms with van der Waals surface area (Å²) in [5.74, 6) is 0. The molecule has 0 aromatic rings. The molecule has 0 bridgehead atoms. The lowest BCUT2D eigenvalue weighted by Crippen LogP contribution is -2.57. The summed E-state index contributed by atoms with van der Waals surface area (Å²) in [6, 6.07) is 0. The van der Waals surface area contributed by atoms with Crippen molar-refractivity contribution in [1.82, 2.24) is 0 Å². The van der Waals surface area contributed by atoms with Gasteiger partial charge in [-0.25, -0.2) is 0 Å². The van der Waals surface area contributed by atoms with Crippen LogP contribution in [0.5, 0.6) is 0 Å². The Kier molecular flexibility index (Phi) is 4.20. The zero-order valence-corrected chi connectivity index (χ0v) is 12.3. The molecule has 104 valence electrons. The van der Waals surface area contributed by atoms with Gasteiger partial charge in [0.1, 0.15) is 0 Å². The summed E-state index contributed by atoms with van der Waals surface area (Å²) < 4.78 is 6.49. The van der Waals surface area contributed by atoms with Crippen molar-refractivity contribution in [2.75, 3.05) is 0 Å². The molecule has 2 heteroatoms. The molecule has 2 unspecified atom stereocenters. The number of rotatable bonds is 2. The maximum absolute atomic E-state index is 6.55. The third kappa shape index (κ3) is 2.45. The first kappa shape index (κ1) is 13.2. The Balaban J connectivity index is 1.58. The molecule has 3 fully saturated rings. The average Bonchev–Trinajstić information content (AvgIpc) is 2.68. The molecule has 0 aliphatic heterocycles. The molecule has 3 rings (SSSR count). The highest BCUT2D eigenvalue weighted by atomic mass is 35.5. The summed E-state index contributed by atoms with van der Waals surface area (Å²) in [6.07, 6.45) is 17.1. The van der Waals surface area contributed by atoms with Crippen molar-refractivity contribution in [3.8, 4) is 0 Å². The van der Waals surface area contributed by atoms with Crippen LogP contribution in [-0.4, -0.2) is 17.6 Å². The SMILES string of the molecule is ClC1CC(OC2CCCCCC2)C12CCCCC2. The summed E-state index contributed by atoms with van der Waals surface area (Å²) >= 11 is 6.55. The molecule has 0 saturated heterocycles. The van der Waals surface area contributed by atoms with E-state index in [1.807, 2.05) is 0 Å². The lowest BCUT2D eigenvalue weighted by molar-refractivity contribution is -0.155. The maximum atomic E-state index is 6.55. The predicted octanol–water partition coefficient (Wildman–Crippen LogP) is 5.06. The zero-order chi connectivity index (χ0) is 12.4. The lowest BCUT2D eigenvalue weighted by atomic mass is 9.58. The normalized spacial score (nSPS) is 37.2. The van der Waals surface area contributed by atoms with Gasteiger partial charge in [0.2, 0.25) is 0 Å². The minimum atomic E-state index is 0.367. The van der Waals surface area contributed by atoms with E-state index in [0.717, 1.165) is 6.42 Å². The number of hydrogen-bond donors (Lipinski definition) is 0. The largest absolute Gasteiger partial charge is 0.374 e. The summed E-state index contributed by atoms with van der Waals surface area (Å²) in [5, 5.41) is 0.397. The van der Waals surface area contributed by atoms with Gasteiger partial charge in [-0.2, -0.15) is 0 Å². The minimum Gasteiger partial charge on any atom is -0.374 e. The Bertz CT molecular complexity index is 264. The molecule has 0 heterocycles. The van der Waals surface area contributed by atoms with Gasteiger partial charge < -0.3 is 4.74 Å². The number of alkyl halides is 1. The second-order valence-electron chi connectivity index (χ2n) is 6.74. The molecule has 0 aromatic heterocycles. The number of ether oxygens (including phenoxy) is 1. The van der Waals surface area contributed by atoms with Crippen molar-refractivity contribution < 1.29 is 4.74 Å². The molecule has 2 atom stereocenters. The molecule has 3 aliphatic carbocycles. The summed E-state index contributed by atoms with van der Waals surface area (Å²) in [7, 11) is 0. The van der Waals surface area contributed by atoms with Gasteiger partial charge in [-0.15, -0.1) is 11.6 Å². The van der Waals surface area contributed by atoms with Crippen LogP contribution in [0.3, 0.4) is 0 Å². The van der Waals surface area contributed by atoms with Gasteiger partial charge in [-0.05, 0) is 32.1 Å². The zero-order valence-electron chi connectivity index (χ0n) is 11.5. The lowest BCUT2D eigenvalue weighted by Gasteiger charge is -2.56. The molecule has 0 aromatic carbocycles. The van der Waals surface area contributed by atoms with Gasteiger partial charge in [-0.3, -0.25) is 0 Å². The fourth-order valence-electron chi connectivity index (χ4n) is 4.35. The Morgan fingerprint density at radius 2 is 1.44 bits per heavy atom. The van der Waals surface area contributed by atoms with Crippen LogP contribution in [0.4, 0.5) is 0 Å². The summed E-state index contributed by atoms with van der Waals surface area (Å²) in [6.45, 7) is 0. The highest BCUT2D eigenvalue weighted by Crippen LogP contribution is 2.56. The molecule has 3 saturated carbocycles. The van der Waals surface area contributed by atoms with Crippen LogP contribution in [0.1, 0.15) is 77.0 Å². The van der Waals surface area contributed by atoms with Gasteiger partial charge in [0.25, 0.3) is 0 Å². The van der Waals surface area contributed by atoms with Gasteiger partial charge in [0.05, 0.1) is 12.2 Å². The highest BCUT2D eigenvalue weighted by Gasteiger charge is 2.55. The van der Waals surface area contributed by atoms with Crippen LogP contribution >= 0.6 is 11.6 Å². The molecule has 18 heavy (non-hydrogen) atoms. The van der Waals surface area contributed by atoms with E-state index >= 15 is 0 Å². The second kappa shape index (κ2) is 5.71. The molecular formula is C16H27ClO. The smallest absolute Gasteiger partial charge is 0.0663 e. The molecule has 3 aliphatic rings. The Morgan fingerprint density at radius 3 is 2.06 bits per heavy atom. The first-order valence-electron chi connectivity index (χ1n) is 8.11. The molecule has 1 spiro atoms. The van der Waals surface area contributed by atoms with E-state index in [1.165, 1.54) is 70.6 Å². The van der Waals surface area contributed by atoms with E-state index in [2.05, 4.69) is 0 Å². The predicted molar refractivity (Wildman–Crippen MR) is 76.1 cm³/mol. The van der Waals surface area contributed by atoms with Crippen LogP contribution < -0.4 is 0 Å². The monoisotopic (exact) mass is 270 g/mol. The third-order valence-electron chi connectivity index (χ3n) is 5.63. The van der Waals surface area contributed by atoms with Crippen molar-refractivity contribution in [2.45, 2.75) is 94.6 Å². The van der Waals surface area contributed by atoms with Crippen LogP contribution in [0, 0.1) is 5.41 Å². The molecule has 1 nitrogen and oxygen atoms in total. The number of halogens is 1. The van der Waals surface area contributed by atoms with E-state index in [4.69, 9.17) is 16.3 Å². The van der Waals surface area contributed by atoms with Crippen molar-refractivity contribution in [3.63, 3.8) is 0 Å². The quantitative estimate of drug-likeness (QED) is 0.504. The van der Waals surface area contributed by atoms with E-state index in [9.17, 15) is 0 Å². The highest BCUT2D eigenvalue weighted by molar-refractivity contribution is 6.21. The van der Waals surface area contributed by atoms with Crippen LogP contribution in [0.15, 0.2) is 0 Å². The van der Waals surface area contributed by atoms with Crippen molar-refractivity contribution in [1.29, 1.82) is 0 Å². The second-order valence-corrected chi connectivity index (χ2v) is 7.26. The van der Waals surface area contributed by atoms with E-state index in [1.54, 1.807) is 0 Å². The maximum Gasteiger partial charge on any atom is 0.0663 e. The minimum absolute atomic E-state index is 0.367. The average molecular weight is 271 g/mol. The van der Waals surface area contributed by atoms with E-state index in [-0.39, 0.29) is 0 Å². The van der Waals surface area contributed by atoms with Gasteiger partial charge in [0.15, 0.2) is 0 Å². The Labute approximate surface area is 117 Å². The van der Waals surface area contributed by atoms with Gasteiger partial charge in [-0.1, -0.05) is 44.9 Å². The topological polar surface area (TPSA) is 9.23 Å². The van der Waals surface area contributed by atoms with E-state index < -0.39 is 0 Å². The first-order chi connectivity index (χ1) is 8.81. The molecule has 0 amide bonds. The number of hydrogen-bond acceptors (Lipinski definition) is 1. The fraction of sp³-hybridized carbons (Fsp3) is 1.00. The van der Waals surface area contributed by atoms with Crippen LogP contribution in [0.25, 0.3) is 0 Å². The van der Waals surface area contributed by atoms with Crippen LogP contribution in [0.2, 0.25) is 0 Å². The van der Waals surface area contributed by atoms with Gasteiger partial charge in [0, 0.05) is 10.8 Å². The first-order valence-corrected chi connectivity index (χ1v) is 8.54. The van der Waals surface area contributed by atoms with Gasteiger partial charge >= 0.3 is 0 Å². The standard InChI is InChI=1S/C16H27ClO/c17-14-12-15(16(14)10-6-3-7-11-16)18-13-8-4-1-2-5-9-13/h13-15H,1-12H2. The Morgan fingerprint density at radius 1 is 0.833 bits per heavy atom. The summed E-state index contributed by atoms with van der Waals surface area (Å²) in [5.41, 5.74) is 0.367. The fourth-order valence-corrected chi connectivity index (χ4v) is 4.87. The molecule has 0 radical (unpaired) electrons. The van der Waals surface area contributed by atoms with Crippen LogP contribution in [-0.2, 0) is 4.74 Å². The third-order valence-corrected chi connectivity index (χ3v) is 6.24. The van der Waals surface area contributed by atoms with Crippen molar-refractivity contribution >= 4 is 11.6 Å².